The highest BCUT2D eigenvalue weighted by molar-refractivity contribution is 7.92. The summed E-state index contributed by atoms with van der Waals surface area (Å²) < 4.78 is 51.8. The van der Waals surface area contributed by atoms with Gasteiger partial charge in [-0.2, -0.15) is 0 Å². The van der Waals surface area contributed by atoms with Crippen molar-refractivity contribution >= 4 is 33.2 Å². The van der Waals surface area contributed by atoms with Gasteiger partial charge in [-0.25, -0.2) is 17.6 Å². The topological polar surface area (TPSA) is 90.0 Å². The Balaban J connectivity index is 1.26. The number of nitrogens with zero attached hydrogens (tertiary/aromatic N) is 1. The molecule has 1 saturated heterocycles. The van der Waals surface area contributed by atoms with Gasteiger partial charge in [0, 0.05) is 28.8 Å². The predicted molar refractivity (Wildman–Crippen MR) is 177 cm³/mol. The lowest BCUT2D eigenvalue weighted by atomic mass is 9.97. The third-order valence-electron chi connectivity index (χ3n) is 8.64. The molecule has 46 heavy (non-hydrogen) atoms. The van der Waals surface area contributed by atoms with Gasteiger partial charge in [-0.3, -0.25) is 4.79 Å². The zero-order chi connectivity index (χ0) is 32.7. The van der Waals surface area contributed by atoms with Gasteiger partial charge in [-0.15, -0.1) is 11.3 Å². The van der Waals surface area contributed by atoms with Gasteiger partial charge < -0.3 is 14.4 Å². The first-order valence-electron chi connectivity index (χ1n) is 15.3. The van der Waals surface area contributed by atoms with Gasteiger partial charge in [-0.05, 0) is 79.3 Å². The van der Waals surface area contributed by atoms with Crippen LogP contribution in [0.5, 0.6) is 0 Å². The fourth-order valence-electron chi connectivity index (χ4n) is 6.40. The summed E-state index contributed by atoms with van der Waals surface area (Å²) in [6, 6.07) is 25.6. The van der Waals surface area contributed by atoms with E-state index in [0.717, 1.165) is 32.7 Å². The summed E-state index contributed by atoms with van der Waals surface area (Å²) in [5.74, 6) is -1.48. The van der Waals surface area contributed by atoms with Crippen LogP contribution in [-0.2, 0) is 28.9 Å². The van der Waals surface area contributed by atoms with Crippen molar-refractivity contribution in [3.05, 3.63) is 107 Å². The van der Waals surface area contributed by atoms with E-state index in [1.165, 1.54) is 28.4 Å². The van der Waals surface area contributed by atoms with Crippen molar-refractivity contribution in [3.63, 3.8) is 0 Å². The smallest absolute Gasteiger partial charge is 0.409 e. The SMILES string of the molecule is CC(C)(C)OC(=O)CC1(c2ccc(-c3ccc(F)cc3)s2)CCN(C(=O)OCC2c3ccccc3-c3ccccc32)CCS1(=O)=O. The summed E-state index contributed by atoms with van der Waals surface area (Å²) in [5.41, 5.74) is 4.32. The van der Waals surface area contributed by atoms with Gasteiger partial charge in [0.2, 0.25) is 0 Å². The Labute approximate surface area is 272 Å². The second-order valence-electron chi connectivity index (χ2n) is 12.8. The van der Waals surface area contributed by atoms with E-state index in [1.807, 2.05) is 36.4 Å². The molecule has 1 atom stereocenters. The molecule has 0 saturated carbocycles. The first kappa shape index (κ1) is 31.9. The van der Waals surface area contributed by atoms with E-state index in [-0.39, 0.29) is 43.6 Å². The Bertz CT molecular complexity index is 1830. The Morgan fingerprint density at radius 2 is 1.54 bits per heavy atom. The molecule has 1 aliphatic carbocycles. The van der Waals surface area contributed by atoms with Gasteiger partial charge in [0.1, 0.15) is 22.8 Å². The number of benzene rings is 3. The zero-order valence-electron chi connectivity index (χ0n) is 26.0. The zero-order valence-corrected chi connectivity index (χ0v) is 27.6. The molecule has 10 heteroatoms. The fourth-order valence-corrected chi connectivity index (χ4v) is 10.00. The Morgan fingerprint density at radius 1 is 0.913 bits per heavy atom. The molecule has 1 aromatic heterocycles. The van der Waals surface area contributed by atoms with Gasteiger partial charge in [0.05, 0.1) is 12.2 Å². The molecule has 0 bridgehead atoms. The molecule has 3 aromatic carbocycles. The maximum atomic E-state index is 14.2. The highest BCUT2D eigenvalue weighted by Crippen LogP contribution is 2.47. The van der Waals surface area contributed by atoms with Crippen LogP contribution in [0.1, 0.15) is 55.5 Å². The molecule has 7 nitrogen and oxygen atoms in total. The molecule has 2 aliphatic rings. The van der Waals surface area contributed by atoms with Crippen molar-refractivity contribution in [1.82, 2.24) is 4.90 Å². The maximum Gasteiger partial charge on any atom is 0.409 e. The number of amides is 1. The van der Waals surface area contributed by atoms with Crippen LogP contribution >= 0.6 is 11.3 Å². The number of thiophene rings is 1. The standard InChI is InChI=1S/C36H36FNO6S2/c1-35(2,3)44-33(39)22-36(32-17-16-31(45-32)24-12-14-25(37)15-13-24)18-19-38(20-21-46(36,41)42)34(40)43-23-30-28-10-6-4-8-26(28)27-9-5-7-11-29(27)30/h4-17,30H,18-23H2,1-3H3. The lowest BCUT2D eigenvalue weighted by molar-refractivity contribution is -0.155. The predicted octanol–water partition coefficient (Wildman–Crippen LogP) is 7.55. The van der Waals surface area contributed by atoms with Crippen LogP contribution in [0, 0.1) is 5.82 Å². The van der Waals surface area contributed by atoms with Crippen LogP contribution < -0.4 is 0 Å². The average Bonchev–Trinajstić information content (AvgIpc) is 3.59. The number of rotatable bonds is 6. The van der Waals surface area contributed by atoms with Gasteiger partial charge in [-0.1, -0.05) is 60.7 Å². The molecule has 0 spiro atoms. The maximum absolute atomic E-state index is 14.2. The number of hydrogen-bond donors (Lipinski definition) is 0. The number of sulfone groups is 1. The summed E-state index contributed by atoms with van der Waals surface area (Å²) in [5, 5.41) is 0. The number of halogens is 1. The number of fused-ring (bicyclic) bond motifs is 3. The molecule has 6 rings (SSSR count). The Morgan fingerprint density at radius 3 is 2.17 bits per heavy atom. The minimum Gasteiger partial charge on any atom is -0.460 e. The van der Waals surface area contributed by atoms with Crippen LogP contribution in [0.25, 0.3) is 21.6 Å². The van der Waals surface area contributed by atoms with Crippen molar-refractivity contribution in [2.45, 2.75) is 49.9 Å². The van der Waals surface area contributed by atoms with Crippen molar-refractivity contribution < 1.29 is 31.9 Å². The third kappa shape index (κ3) is 6.20. The summed E-state index contributed by atoms with van der Waals surface area (Å²) >= 11 is 1.25. The summed E-state index contributed by atoms with van der Waals surface area (Å²) in [6.07, 6.45) is -1.00. The number of carbonyl (C=O) groups excluding carboxylic acids is 2. The summed E-state index contributed by atoms with van der Waals surface area (Å²) in [4.78, 5) is 29.4. The van der Waals surface area contributed by atoms with Crippen LogP contribution in [0.3, 0.4) is 0 Å². The van der Waals surface area contributed by atoms with Gasteiger partial charge in [0.15, 0.2) is 9.84 Å². The Hall–Kier alpha value is -4.02. The molecular weight excluding hydrogens is 626 g/mol. The van der Waals surface area contributed by atoms with Crippen molar-refractivity contribution in [2.75, 3.05) is 25.4 Å². The van der Waals surface area contributed by atoms with Crippen LogP contribution in [-0.4, -0.2) is 56.4 Å². The van der Waals surface area contributed by atoms with Crippen molar-refractivity contribution in [1.29, 1.82) is 0 Å². The largest absolute Gasteiger partial charge is 0.460 e. The molecule has 0 radical (unpaired) electrons. The van der Waals surface area contributed by atoms with E-state index in [0.29, 0.717) is 4.88 Å². The minimum atomic E-state index is -3.98. The number of carbonyl (C=O) groups is 2. The molecule has 1 unspecified atom stereocenters. The first-order chi connectivity index (χ1) is 21.9. The monoisotopic (exact) mass is 661 g/mol. The second-order valence-corrected chi connectivity index (χ2v) is 16.3. The lowest BCUT2D eigenvalue weighted by Crippen LogP contribution is -2.40. The highest BCUT2D eigenvalue weighted by Gasteiger charge is 2.51. The van der Waals surface area contributed by atoms with E-state index in [4.69, 9.17) is 9.47 Å². The second kappa shape index (κ2) is 12.3. The van der Waals surface area contributed by atoms with Crippen LogP contribution in [0.15, 0.2) is 84.9 Å². The van der Waals surface area contributed by atoms with E-state index in [9.17, 15) is 22.4 Å². The quantitative estimate of drug-likeness (QED) is 0.198. The van der Waals surface area contributed by atoms with Gasteiger partial charge >= 0.3 is 12.1 Å². The number of esters is 1. The number of ether oxygens (including phenoxy) is 2. The summed E-state index contributed by atoms with van der Waals surface area (Å²) in [6.45, 7) is 5.32. The van der Waals surface area contributed by atoms with Crippen LogP contribution in [0.2, 0.25) is 0 Å². The highest BCUT2D eigenvalue weighted by atomic mass is 32.2. The molecular formula is C36H36FNO6S2. The molecule has 1 aliphatic heterocycles. The van der Waals surface area contributed by atoms with E-state index in [2.05, 4.69) is 12.1 Å². The molecule has 2 heterocycles. The van der Waals surface area contributed by atoms with Gasteiger partial charge in [0.25, 0.3) is 0 Å². The van der Waals surface area contributed by atoms with Crippen LogP contribution in [0.4, 0.5) is 9.18 Å². The van der Waals surface area contributed by atoms with E-state index >= 15 is 0 Å². The van der Waals surface area contributed by atoms with E-state index < -0.39 is 38.7 Å². The molecule has 1 fully saturated rings. The molecule has 0 N–H and O–H groups in total. The van der Waals surface area contributed by atoms with Crippen molar-refractivity contribution in [3.8, 4) is 21.6 Å². The van der Waals surface area contributed by atoms with E-state index in [1.54, 1.807) is 45.0 Å². The first-order valence-corrected chi connectivity index (χ1v) is 17.7. The Kier molecular flexibility index (Phi) is 8.54. The normalized spacial score (nSPS) is 19.2. The lowest BCUT2D eigenvalue weighted by Gasteiger charge is -2.31. The molecule has 1 amide bonds. The van der Waals surface area contributed by atoms with Crippen molar-refractivity contribution in [2.24, 2.45) is 0 Å². The molecule has 4 aromatic rings. The molecule has 240 valence electrons. The summed E-state index contributed by atoms with van der Waals surface area (Å²) in [7, 11) is -3.98. The minimum absolute atomic E-state index is 0.0118. The average molecular weight is 662 g/mol. The fraction of sp³-hybridized carbons (Fsp3) is 0.333. The number of hydrogen-bond acceptors (Lipinski definition) is 7. The third-order valence-corrected chi connectivity index (χ3v) is 12.6.